The number of imidazole rings is 1. The molecule has 8 atom stereocenters. The van der Waals surface area contributed by atoms with Crippen LogP contribution in [0.3, 0.4) is 0 Å². The number of rotatable bonds is 16. The number of nitrogens with zero attached hydrogens (tertiary/aromatic N) is 6. The SMILES string of the molecule is [C-]#[N+]CCOP(=O)(OC[C@H]1O[C@@H](n2cnc3c(=O)[nH]c(NC(=O)C(C)C)nc32)[C@H](O)[C@@H]1OC)O[C@H]1C[C@H](c2scc3c(NC(=O)c4ccccc4)ncnc23)O[C@@H]1CO. The van der Waals surface area contributed by atoms with Crippen LogP contribution in [-0.2, 0) is 37.1 Å². The number of phosphoric acid groups is 1. The van der Waals surface area contributed by atoms with Crippen LogP contribution in [0.1, 0.15) is 47.8 Å². The van der Waals surface area contributed by atoms with Gasteiger partial charge in [0.15, 0.2) is 17.4 Å². The Hall–Kier alpha value is -5.05. The van der Waals surface area contributed by atoms with Crippen LogP contribution in [0.4, 0.5) is 11.8 Å². The molecule has 5 aromatic rings. The number of carbonyl (C=O) groups is 2. The number of ether oxygens (including phenoxy) is 3. The third-order valence-corrected chi connectivity index (χ3v) is 12.1. The van der Waals surface area contributed by atoms with Gasteiger partial charge in [0.05, 0.1) is 41.4 Å². The van der Waals surface area contributed by atoms with Gasteiger partial charge in [0, 0.05) is 30.4 Å². The van der Waals surface area contributed by atoms with Crippen LogP contribution in [0.5, 0.6) is 0 Å². The quantitative estimate of drug-likeness (QED) is 0.0542. The van der Waals surface area contributed by atoms with Gasteiger partial charge in [0.25, 0.3) is 11.5 Å². The third-order valence-electron chi connectivity index (χ3n) is 9.53. The number of nitrogens with one attached hydrogen (secondary N) is 3. The number of aromatic amines is 1. The Labute approximate surface area is 339 Å². The summed E-state index contributed by atoms with van der Waals surface area (Å²) in [5.74, 6) is -0.987. The number of aromatic nitrogens is 6. The highest BCUT2D eigenvalue weighted by molar-refractivity contribution is 7.48. The lowest BCUT2D eigenvalue weighted by Gasteiger charge is -2.25. The van der Waals surface area contributed by atoms with Crippen molar-refractivity contribution in [2.24, 2.45) is 5.92 Å². The number of aliphatic hydroxyl groups is 2. The van der Waals surface area contributed by atoms with E-state index in [1.165, 1.54) is 35.7 Å². The van der Waals surface area contributed by atoms with E-state index in [0.717, 1.165) is 0 Å². The van der Waals surface area contributed by atoms with Crippen LogP contribution < -0.4 is 16.2 Å². The van der Waals surface area contributed by atoms with E-state index in [9.17, 15) is 29.2 Å². The predicted molar refractivity (Wildman–Crippen MR) is 209 cm³/mol. The number of methoxy groups -OCH3 is 1. The van der Waals surface area contributed by atoms with Gasteiger partial charge in [-0.05, 0) is 12.1 Å². The lowest BCUT2D eigenvalue weighted by atomic mass is 10.1. The molecule has 4 aromatic heterocycles. The number of phosphoric ester groups is 1. The Morgan fingerprint density at radius 1 is 1.14 bits per heavy atom. The van der Waals surface area contributed by atoms with Gasteiger partial charge in [-0.25, -0.2) is 26.1 Å². The van der Waals surface area contributed by atoms with Crippen LogP contribution in [0, 0.1) is 12.5 Å². The van der Waals surface area contributed by atoms with Crippen molar-refractivity contribution >= 4 is 64.8 Å². The fraction of sp³-hybridized carbons (Fsp3) is 0.444. The van der Waals surface area contributed by atoms with Crippen LogP contribution >= 0.6 is 19.2 Å². The molecule has 2 saturated heterocycles. The van der Waals surface area contributed by atoms with Gasteiger partial charge >= 0.3 is 7.82 Å². The minimum atomic E-state index is -4.55. The van der Waals surface area contributed by atoms with E-state index in [-0.39, 0.29) is 42.6 Å². The summed E-state index contributed by atoms with van der Waals surface area (Å²) in [6, 6.07) is 8.66. The molecule has 7 rings (SSSR count). The Bertz CT molecular complexity index is 2460. The molecule has 0 radical (unpaired) electrons. The van der Waals surface area contributed by atoms with E-state index >= 15 is 0 Å². The van der Waals surface area contributed by atoms with Crippen molar-refractivity contribution in [3.05, 3.63) is 80.6 Å². The van der Waals surface area contributed by atoms with Crippen molar-refractivity contribution in [3.63, 3.8) is 0 Å². The van der Waals surface area contributed by atoms with Gasteiger partial charge in [-0.1, -0.05) is 32.0 Å². The summed E-state index contributed by atoms with van der Waals surface area (Å²) < 4.78 is 50.7. The molecule has 312 valence electrons. The summed E-state index contributed by atoms with van der Waals surface area (Å²) in [5.41, 5.74) is 0.215. The molecule has 23 heteroatoms. The normalized spacial score (nSPS) is 24.1. The Morgan fingerprint density at radius 2 is 1.93 bits per heavy atom. The zero-order chi connectivity index (χ0) is 41.8. The largest absolute Gasteiger partial charge is 0.475 e. The predicted octanol–water partition coefficient (Wildman–Crippen LogP) is 3.21. The monoisotopic (exact) mass is 853 g/mol. The van der Waals surface area contributed by atoms with Gasteiger partial charge in [-0.15, -0.1) is 11.3 Å². The maximum atomic E-state index is 14.3. The van der Waals surface area contributed by atoms with Crippen LogP contribution in [-0.4, -0.2) is 116 Å². The summed E-state index contributed by atoms with van der Waals surface area (Å²) in [4.78, 5) is 61.5. The first-order valence-corrected chi connectivity index (χ1v) is 20.7. The summed E-state index contributed by atoms with van der Waals surface area (Å²) >= 11 is 1.30. The molecule has 6 heterocycles. The number of amides is 2. The van der Waals surface area contributed by atoms with Gasteiger partial charge in [0.1, 0.15) is 49.3 Å². The van der Waals surface area contributed by atoms with Gasteiger partial charge in [-0.3, -0.25) is 42.8 Å². The van der Waals surface area contributed by atoms with Gasteiger partial charge < -0.3 is 34.6 Å². The van der Waals surface area contributed by atoms with Crippen LogP contribution in [0.25, 0.3) is 26.9 Å². The second-order valence-corrected chi connectivity index (χ2v) is 16.3. The molecule has 59 heavy (non-hydrogen) atoms. The minimum Gasteiger partial charge on any atom is -0.394 e. The fourth-order valence-corrected chi connectivity index (χ4v) is 9.00. The average Bonchev–Trinajstić information content (AvgIpc) is 4.02. The highest BCUT2D eigenvalue weighted by Crippen LogP contribution is 2.54. The molecule has 0 aliphatic carbocycles. The molecule has 1 unspecified atom stereocenters. The number of anilines is 2. The number of carbonyl (C=O) groups excluding carboxylic acids is 2. The van der Waals surface area contributed by atoms with E-state index in [4.69, 9.17) is 34.4 Å². The number of thiophene rings is 1. The molecule has 0 spiro atoms. The molecule has 1 aromatic carbocycles. The highest BCUT2D eigenvalue weighted by Gasteiger charge is 2.48. The zero-order valence-electron chi connectivity index (χ0n) is 31.8. The molecule has 2 aliphatic heterocycles. The highest BCUT2D eigenvalue weighted by atomic mass is 32.1. The number of H-pyrrole nitrogens is 1. The fourth-order valence-electron chi connectivity index (χ4n) is 6.57. The number of hydrogen-bond donors (Lipinski definition) is 5. The van der Waals surface area contributed by atoms with Crippen molar-refractivity contribution in [1.82, 2.24) is 29.5 Å². The first-order valence-electron chi connectivity index (χ1n) is 18.3. The third kappa shape index (κ3) is 8.95. The topological polar surface area (TPSA) is 265 Å². The summed E-state index contributed by atoms with van der Waals surface area (Å²) in [6.45, 7) is 8.98. The van der Waals surface area contributed by atoms with E-state index in [1.54, 1.807) is 49.6 Å². The molecule has 2 fully saturated rings. The van der Waals surface area contributed by atoms with Crippen molar-refractivity contribution < 1.29 is 52.1 Å². The van der Waals surface area contributed by atoms with Crippen molar-refractivity contribution in [3.8, 4) is 0 Å². The van der Waals surface area contributed by atoms with E-state index < -0.39 is 81.3 Å². The molecular weight excluding hydrogens is 813 g/mol. The van der Waals surface area contributed by atoms with Crippen LogP contribution in [0.15, 0.2) is 53.2 Å². The Morgan fingerprint density at radius 3 is 2.66 bits per heavy atom. The molecule has 0 bridgehead atoms. The lowest BCUT2D eigenvalue weighted by molar-refractivity contribution is -0.118. The van der Waals surface area contributed by atoms with Crippen LogP contribution in [0.2, 0.25) is 0 Å². The molecule has 21 nitrogen and oxygen atoms in total. The standard InChI is InChI=1S/C36H40N9O12PS/c1-18(2)32(48)43-36-42-31-26(34(50)44-36)40-17-45(31)35-27(47)28(52-4)24(56-35)14-54-58(51,53-11-10-37-3)57-21-12-22(55-23(21)13-46)29-25-20(15-59-29)30(39-16-38-25)41-33(49)19-8-6-5-7-9-19/h5-9,15-18,21-24,27-28,35,46-47H,10-14H2,1-2,4H3,(H,38,39,41,49)(H2,42,43,44,48,50)/t21-,22+,23+,24+,27+,28+,35+,58?/m0/s1. The van der Waals surface area contributed by atoms with E-state index in [1.807, 2.05) is 0 Å². The van der Waals surface area contributed by atoms with Gasteiger partial charge in [0.2, 0.25) is 18.4 Å². The second kappa shape index (κ2) is 18.1. The molecular formula is C36H40N9O12PS. The zero-order valence-corrected chi connectivity index (χ0v) is 33.5. The first-order chi connectivity index (χ1) is 28.4. The summed E-state index contributed by atoms with van der Waals surface area (Å²) in [7, 11) is -3.23. The van der Waals surface area contributed by atoms with E-state index in [2.05, 4.69) is 40.4 Å². The van der Waals surface area contributed by atoms with Gasteiger partial charge in [-0.2, -0.15) is 4.98 Å². The molecule has 2 amide bonds. The number of fused-ring (bicyclic) bond motifs is 2. The summed E-state index contributed by atoms with van der Waals surface area (Å²) in [5, 5.41) is 29.3. The van der Waals surface area contributed by atoms with Crippen molar-refractivity contribution in [2.75, 3.05) is 44.1 Å². The first kappa shape index (κ1) is 42.1. The second-order valence-electron chi connectivity index (χ2n) is 13.7. The molecule has 2 aliphatic rings. The molecule has 5 N–H and O–H groups in total. The average molecular weight is 854 g/mol. The minimum absolute atomic E-state index is 0.00580. The number of benzene rings is 1. The van der Waals surface area contributed by atoms with E-state index in [0.29, 0.717) is 27.2 Å². The number of hydrogen-bond acceptors (Lipinski definition) is 17. The molecule has 0 saturated carbocycles. The van der Waals surface area contributed by atoms with Crippen molar-refractivity contribution in [2.45, 2.75) is 63.1 Å². The number of aliphatic hydroxyl groups excluding tert-OH is 2. The lowest BCUT2D eigenvalue weighted by Crippen LogP contribution is -2.36. The Balaban J connectivity index is 1.07. The summed E-state index contributed by atoms with van der Waals surface area (Å²) in [6.07, 6.45) is -4.87. The Kier molecular flexibility index (Phi) is 12.9. The maximum absolute atomic E-state index is 14.3. The maximum Gasteiger partial charge on any atom is 0.475 e. The van der Waals surface area contributed by atoms with Crippen molar-refractivity contribution in [1.29, 1.82) is 0 Å². The smallest absolute Gasteiger partial charge is 0.394 e.